The molecule has 2 aromatic rings. The maximum atomic E-state index is 11.1. The molecule has 26 heavy (non-hydrogen) atoms. The first kappa shape index (κ1) is 18.7. The first-order valence-corrected chi connectivity index (χ1v) is 9.14. The molecule has 0 spiro atoms. The van der Waals surface area contributed by atoms with E-state index < -0.39 is 5.97 Å². The Bertz CT molecular complexity index is 795. The van der Waals surface area contributed by atoms with E-state index in [0.29, 0.717) is 0 Å². The van der Waals surface area contributed by atoms with Crippen LogP contribution in [0.2, 0.25) is 5.02 Å². The van der Waals surface area contributed by atoms with Crippen molar-refractivity contribution in [3.8, 4) is 0 Å². The van der Waals surface area contributed by atoms with Crippen LogP contribution >= 0.6 is 11.6 Å². The molecule has 0 radical (unpaired) electrons. The molecule has 1 aliphatic heterocycles. The number of carboxylic acids is 1. The second kappa shape index (κ2) is 7.65. The van der Waals surface area contributed by atoms with Crippen LogP contribution in [0.1, 0.15) is 53.8 Å². The molecule has 1 fully saturated rings. The van der Waals surface area contributed by atoms with Crippen LogP contribution in [0.5, 0.6) is 0 Å². The average Bonchev–Trinajstić information content (AvgIpc) is 2.62. The molecule has 4 atom stereocenters. The average molecular weight is 371 g/mol. The third-order valence-corrected chi connectivity index (χ3v) is 5.47. The Balaban J connectivity index is 1.87. The third-order valence-electron chi connectivity index (χ3n) is 5.22. The van der Waals surface area contributed by atoms with Gasteiger partial charge in [0, 0.05) is 16.9 Å². The molecule has 1 saturated heterocycles. The summed E-state index contributed by atoms with van der Waals surface area (Å²) < 4.78 is 6.40. The van der Waals surface area contributed by atoms with Crippen molar-refractivity contribution in [2.45, 2.75) is 38.4 Å². The van der Waals surface area contributed by atoms with Crippen LogP contribution in [0.15, 0.2) is 60.7 Å². The van der Waals surface area contributed by atoms with Crippen molar-refractivity contribution < 1.29 is 14.6 Å². The molecule has 4 heteroatoms. The van der Waals surface area contributed by atoms with Crippen LogP contribution in [0.25, 0.3) is 0 Å². The van der Waals surface area contributed by atoms with Crippen molar-refractivity contribution in [1.29, 1.82) is 0 Å². The lowest BCUT2D eigenvalue weighted by Gasteiger charge is -2.41. The molecule has 0 unspecified atom stereocenters. The first-order valence-electron chi connectivity index (χ1n) is 8.76. The van der Waals surface area contributed by atoms with Gasteiger partial charge in [0.2, 0.25) is 0 Å². The lowest BCUT2D eigenvalue weighted by Crippen LogP contribution is -2.34. The summed E-state index contributed by atoms with van der Waals surface area (Å²) in [6.45, 7) is 8.29. The molecule has 0 aliphatic carbocycles. The molecule has 0 amide bonds. The van der Waals surface area contributed by atoms with Crippen LogP contribution < -0.4 is 0 Å². The van der Waals surface area contributed by atoms with Crippen LogP contribution in [0.4, 0.5) is 0 Å². The molecule has 3 rings (SSSR count). The lowest BCUT2D eigenvalue weighted by molar-refractivity contribution is -0.0803. The Kier molecular flexibility index (Phi) is 5.49. The van der Waals surface area contributed by atoms with Crippen LogP contribution in [-0.4, -0.2) is 17.2 Å². The van der Waals surface area contributed by atoms with Crippen molar-refractivity contribution in [1.82, 2.24) is 0 Å². The van der Waals surface area contributed by atoms with Crippen LogP contribution in [0, 0.1) is 5.92 Å². The summed E-state index contributed by atoms with van der Waals surface area (Å²) in [5.41, 5.74) is 3.56. The molecule has 136 valence electrons. The van der Waals surface area contributed by atoms with Crippen LogP contribution in [0.3, 0.4) is 0 Å². The topological polar surface area (TPSA) is 46.5 Å². The van der Waals surface area contributed by atoms with E-state index in [2.05, 4.69) is 25.6 Å². The summed E-state index contributed by atoms with van der Waals surface area (Å²) in [5, 5.41) is 9.82. The predicted octanol–water partition coefficient (Wildman–Crippen LogP) is 5.86. The number of aromatic carboxylic acids is 1. The number of rotatable bonds is 4. The number of ether oxygens (including phenoxy) is 1. The van der Waals surface area contributed by atoms with E-state index in [-0.39, 0.29) is 29.6 Å². The fourth-order valence-electron chi connectivity index (χ4n) is 3.71. The number of hydrogen-bond acceptors (Lipinski definition) is 2. The highest BCUT2D eigenvalue weighted by atomic mass is 35.5. The maximum absolute atomic E-state index is 11.1. The molecule has 0 aromatic heterocycles. The van der Waals surface area contributed by atoms with E-state index in [0.717, 1.165) is 22.6 Å². The number of benzene rings is 2. The molecule has 2 aromatic carbocycles. The van der Waals surface area contributed by atoms with Gasteiger partial charge in [-0.25, -0.2) is 4.79 Å². The van der Waals surface area contributed by atoms with Crippen LogP contribution in [-0.2, 0) is 4.74 Å². The normalized spacial score (nSPS) is 25.7. The number of hydrogen-bond donors (Lipinski definition) is 1. The second-order valence-electron chi connectivity index (χ2n) is 7.04. The van der Waals surface area contributed by atoms with Gasteiger partial charge in [-0.2, -0.15) is 0 Å². The maximum Gasteiger partial charge on any atom is 0.335 e. The number of halogens is 1. The molecular formula is C22H23ClO3. The van der Waals surface area contributed by atoms with E-state index >= 15 is 0 Å². The Morgan fingerprint density at radius 1 is 1.12 bits per heavy atom. The zero-order valence-electron chi connectivity index (χ0n) is 15.0. The van der Waals surface area contributed by atoms with Gasteiger partial charge in [0.25, 0.3) is 0 Å². The van der Waals surface area contributed by atoms with Crippen molar-refractivity contribution in [2.75, 3.05) is 0 Å². The summed E-state index contributed by atoms with van der Waals surface area (Å²) in [5.74, 6) is -0.486. The summed E-state index contributed by atoms with van der Waals surface area (Å²) in [6, 6.07) is 14.9. The summed E-state index contributed by atoms with van der Waals surface area (Å²) in [7, 11) is 0. The minimum Gasteiger partial charge on any atom is -0.478 e. The van der Waals surface area contributed by atoms with Gasteiger partial charge in [-0.15, -0.1) is 0 Å². The zero-order valence-corrected chi connectivity index (χ0v) is 15.7. The summed E-state index contributed by atoms with van der Waals surface area (Å²) in [4.78, 5) is 11.1. The molecule has 3 nitrogen and oxygen atoms in total. The lowest BCUT2D eigenvalue weighted by atomic mass is 9.76. The highest BCUT2D eigenvalue weighted by molar-refractivity contribution is 6.30. The SMILES string of the molecule is C=C(C)[C@H]1C[C@@H](c2ccc(Cl)cc2)[C@H](C)O[C@@H]1c1ccc(C(=O)O)cc1. The summed E-state index contributed by atoms with van der Waals surface area (Å²) >= 11 is 6.02. The van der Waals surface area contributed by atoms with Gasteiger partial charge in [0.1, 0.15) is 0 Å². The number of carboxylic acid groups (broad SMARTS) is 1. The van der Waals surface area contributed by atoms with Gasteiger partial charge in [-0.1, -0.05) is 48.0 Å². The highest BCUT2D eigenvalue weighted by Crippen LogP contribution is 2.46. The largest absolute Gasteiger partial charge is 0.478 e. The molecule has 1 N–H and O–H groups in total. The molecule has 1 heterocycles. The molecular weight excluding hydrogens is 348 g/mol. The molecule has 1 aliphatic rings. The van der Waals surface area contributed by atoms with E-state index in [9.17, 15) is 4.79 Å². The Morgan fingerprint density at radius 2 is 1.69 bits per heavy atom. The van der Waals surface area contributed by atoms with Crippen molar-refractivity contribution in [3.05, 3.63) is 82.4 Å². The molecule has 0 bridgehead atoms. The fourth-order valence-corrected chi connectivity index (χ4v) is 3.84. The van der Waals surface area contributed by atoms with E-state index in [1.165, 1.54) is 5.56 Å². The van der Waals surface area contributed by atoms with E-state index in [1.807, 2.05) is 31.2 Å². The third kappa shape index (κ3) is 3.84. The van der Waals surface area contributed by atoms with Gasteiger partial charge in [-0.05, 0) is 55.7 Å². The van der Waals surface area contributed by atoms with Crippen molar-refractivity contribution in [2.24, 2.45) is 5.92 Å². The quantitative estimate of drug-likeness (QED) is 0.685. The van der Waals surface area contributed by atoms with Gasteiger partial charge in [-0.3, -0.25) is 0 Å². The van der Waals surface area contributed by atoms with E-state index in [1.54, 1.807) is 12.1 Å². The first-order chi connectivity index (χ1) is 12.4. The Morgan fingerprint density at radius 3 is 2.23 bits per heavy atom. The van der Waals surface area contributed by atoms with Crippen molar-refractivity contribution >= 4 is 17.6 Å². The Hall–Kier alpha value is -2.10. The van der Waals surface area contributed by atoms with Gasteiger partial charge < -0.3 is 9.84 Å². The zero-order chi connectivity index (χ0) is 18.8. The van der Waals surface area contributed by atoms with Gasteiger partial charge in [0.05, 0.1) is 17.8 Å². The van der Waals surface area contributed by atoms with E-state index in [4.69, 9.17) is 21.4 Å². The molecule has 0 saturated carbocycles. The minimum absolute atomic E-state index is 0.0379. The highest BCUT2D eigenvalue weighted by Gasteiger charge is 2.37. The smallest absolute Gasteiger partial charge is 0.335 e. The summed E-state index contributed by atoms with van der Waals surface area (Å²) in [6.07, 6.45) is 0.855. The second-order valence-corrected chi connectivity index (χ2v) is 7.47. The fraction of sp³-hybridized carbons (Fsp3) is 0.318. The minimum atomic E-state index is -0.922. The number of carbonyl (C=O) groups is 1. The Labute approximate surface area is 159 Å². The van der Waals surface area contributed by atoms with Gasteiger partial charge >= 0.3 is 5.97 Å². The van der Waals surface area contributed by atoms with Gasteiger partial charge in [0.15, 0.2) is 0 Å². The predicted molar refractivity (Wildman–Crippen MR) is 104 cm³/mol. The monoisotopic (exact) mass is 370 g/mol. The standard InChI is InChI=1S/C22H23ClO3/c1-13(2)19-12-20(15-8-10-18(23)11-9-15)14(3)26-21(19)16-4-6-17(7-5-16)22(24)25/h4-11,14,19-21H,1,12H2,2-3H3,(H,24,25)/t14-,19+,20+,21+/m0/s1. The van der Waals surface area contributed by atoms with Crippen molar-refractivity contribution in [3.63, 3.8) is 0 Å².